The first kappa shape index (κ1) is 22.7. The maximum absolute atomic E-state index is 13.7. The zero-order chi connectivity index (χ0) is 24.1. The van der Waals surface area contributed by atoms with Crippen molar-refractivity contribution in [3.63, 3.8) is 0 Å². The van der Waals surface area contributed by atoms with E-state index in [9.17, 15) is 4.79 Å². The molecule has 1 saturated heterocycles. The molecule has 3 heterocycles. The fourth-order valence-electron chi connectivity index (χ4n) is 4.53. The molecule has 4 aromatic rings. The number of aromatic nitrogens is 3. The molecular formula is C28H27N5O2. The summed E-state index contributed by atoms with van der Waals surface area (Å²) in [6.07, 6.45) is 9.08. The Balaban J connectivity index is 1.34. The number of hydrogen-bond donors (Lipinski definition) is 2. The van der Waals surface area contributed by atoms with Gasteiger partial charge in [0.1, 0.15) is 0 Å². The zero-order valence-corrected chi connectivity index (χ0v) is 19.4. The minimum Gasteiger partial charge on any atom is -0.381 e. The van der Waals surface area contributed by atoms with Gasteiger partial charge in [0.15, 0.2) is 0 Å². The SMILES string of the molecule is Nc1ncc(-c2ccc(C3(C(=O)Nc4ccc(Cc5ccncc5)cc4)CCOCC3)cc2)cn1. The first-order valence-corrected chi connectivity index (χ1v) is 11.7. The van der Waals surface area contributed by atoms with E-state index in [1.54, 1.807) is 24.8 Å². The van der Waals surface area contributed by atoms with E-state index in [4.69, 9.17) is 10.5 Å². The van der Waals surface area contributed by atoms with Crippen molar-refractivity contribution < 1.29 is 9.53 Å². The van der Waals surface area contributed by atoms with Crippen LogP contribution in [0, 0.1) is 0 Å². The number of amides is 1. The average molecular weight is 466 g/mol. The highest BCUT2D eigenvalue weighted by Crippen LogP contribution is 2.37. The van der Waals surface area contributed by atoms with Gasteiger partial charge in [0.25, 0.3) is 0 Å². The molecule has 35 heavy (non-hydrogen) atoms. The first-order valence-electron chi connectivity index (χ1n) is 11.7. The third-order valence-corrected chi connectivity index (χ3v) is 6.59. The molecule has 0 atom stereocenters. The molecule has 2 aromatic heterocycles. The zero-order valence-electron chi connectivity index (χ0n) is 19.4. The van der Waals surface area contributed by atoms with Gasteiger partial charge in [-0.15, -0.1) is 0 Å². The fourth-order valence-corrected chi connectivity index (χ4v) is 4.53. The van der Waals surface area contributed by atoms with Crippen LogP contribution in [0.2, 0.25) is 0 Å². The monoisotopic (exact) mass is 465 g/mol. The van der Waals surface area contributed by atoms with Crippen molar-refractivity contribution in [3.05, 3.63) is 102 Å². The summed E-state index contributed by atoms with van der Waals surface area (Å²) in [7, 11) is 0. The van der Waals surface area contributed by atoms with Crippen LogP contribution in [0.4, 0.5) is 11.6 Å². The van der Waals surface area contributed by atoms with Crippen molar-refractivity contribution in [3.8, 4) is 11.1 Å². The van der Waals surface area contributed by atoms with Crippen LogP contribution in [-0.2, 0) is 21.4 Å². The Labute approximate surface area is 204 Å². The Kier molecular flexibility index (Phi) is 6.50. The second-order valence-corrected chi connectivity index (χ2v) is 8.79. The van der Waals surface area contributed by atoms with Crippen molar-refractivity contribution in [1.29, 1.82) is 0 Å². The minimum absolute atomic E-state index is 0.00810. The maximum Gasteiger partial charge on any atom is 0.235 e. The molecule has 176 valence electrons. The lowest BCUT2D eigenvalue weighted by Crippen LogP contribution is -2.44. The van der Waals surface area contributed by atoms with Gasteiger partial charge in [-0.25, -0.2) is 9.97 Å². The van der Waals surface area contributed by atoms with Crippen molar-refractivity contribution in [2.24, 2.45) is 0 Å². The Bertz CT molecular complexity index is 1270. The van der Waals surface area contributed by atoms with Gasteiger partial charge < -0.3 is 15.8 Å². The van der Waals surface area contributed by atoms with Crippen LogP contribution in [0.25, 0.3) is 11.1 Å². The van der Waals surface area contributed by atoms with Crippen molar-refractivity contribution >= 4 is 17.5 Å². The summed E-state index contributed by atoms with van der Waals surface area (Å²) in [5, 5.41) is 3.16. The number of nitrogens with two attached hydrogens (primary N) is 1. The van der Waals surface area contributed by atoms with E-state index in [0.717, 1.165) is 28.8 Å². The summed E-state index contributed by atoms with van der Waals surface area (Å²) in [4.78, 5) is 25.9. The number of carbonyl (C=O) groups is 1. The standard InChI is InChI=1S/C28H27N5O2/c29-27-31-18-23(19-32-27)22-3-5-24(6-4-22)28(11-15-35-16-12-28)26(34)33-25-7-1-20(2-8-25)17-21-9-13-30-14-10-21/h1-10,13-14,18-19H,11-12,15-17H2,(H,33,34)(H2,29,31,32). The van der Waals surface area contributed by atoms with Crippen LogP contribution in [-0.4, -0.2) is 34.1 Å². The number of carbonyl (C=O) groups excluding carboxylic acids is 1. The minimum atomic E-state index is -0.649. The van der Waals surface area contributed by atoms with Crippen molar-refractivity contribution in [2.75, 3.05) is 24.3 Å². The predicted octanol–water partition coefficient (Wildman–Crippen LogP) is 4.40. The van der Waals surface area contributed by atoms with Gasteiger partial charge in [0.05, 0.1) is 5.41 Å². The highest BCUT2D eigenvalue weighted by Gasteiger charge is 2.41. The van der Waals surface area contributed by atoms with Gasteiger partial charge in [-0.1, -0.05) is 36.4 Å². The molecule has 3 N–H and O–H groups in total. The molecule has 0 bridgehead atoms. The number of rotatable bonds is 6. The van der Waals surface area contributed by atoms with E-state index in [2.05, 4.69) is 32.4 Å². The van der Waals surface area contributed by atoms with Crippen LogP contribution < -0.4 is 11.1 Å². The van der Waals surface area contributed by atoms with Crippen molar-refractivity contribution in [2.45, 2.75) is 24.7 Å². The number of nitrogen functional groups attached to an aromatic ring is 1. The number of benzene rings is 2. The first-order chi connectivity index (χ1) is 17.1. The van der Waals surface area contributed by atoms with Gasteiger partial charge in [0, 0.05) is 49.3 Å². The lowest BCUT2D eigenvalue weighted by atomic mass is 9.73. The molecule has 1 aliphatic rings. The molecule has 0 saturated carbocycles. The summed E-state index contributed by atoms with van der Waals surface area (Å²) in [6.45, 7) is 1.09. The molecule has 1 aliphatic heterocycles. The smallest absolute Gasteiger partial charge is 0.235 e. The molecule has 0 aliphatic carbocycles. The largest absolute Gasteiger partial charge is 0.381 e. The molecule has 0 spiro atoms. The van der Waals surface area contributed by atoms with Gasteiger partial charge in [-0.3, -0.25) is 9.78 Å². The van der Waals surface area contributed by atoms with Crippen LogP contribution in [0.5, 0.6) is 0 Å². The molecular weight excluding hydrogens is 438 g/mol. The third-order valence-electron chi connectivity index (χ3n) is 6.59. The van der Waals surface area contributed by atoms with E-state index in [1.807, 2.05) is 48.5 Å². The fraction of sp³-hybridized carbons (Fsp3) is 0.214. The molecule has 2 aromatic carbocycles. The summed E-state index contributed by atoms with van der Waals surface area (Å²) >= 11 is 0. The average Bonchev–Trinajstić information content (AvgIpc) is 2.91. The molecule has 1 fully saturated rings. The number of anilines is 2. The van der Waals surface area contributed by atoms with Gasteiger partial charge in [-0.05, 0) is 65.8 Å². The highest BCUT2D eigenvalue weighted by molar-refractivity contribution is 5.99. The van der Waals surface area contributed by atoms with E-state index in [-0.39, 0.29) is 11.9 Å². The van der Waals surface area contributed by atoms with Gasteiger partial charge >= 0.3 is 0 Å². The Morgan fingerprint density at radius 1 is 0.857 bits per heavy atom. The third kappa shape index (κ3) is 5.05. The second-order valence-electron chi connectivity index (χ2n) is 8.79. The van der Waals surface area contributed by atoms with E-state index in [0.29, 0.717) is 26.1 Å². The van der Waals surface area contributed by atoms with Gasteiger partial charge in [-0.2, -0.15) is 0 Å². The van der Waals surface area contributed by atoms with Crippen LogP contribution >= 0.6 is 0 Å². The van der Waals surface area contributed by atoms with Crippen LogP contribution in [0.1, 0.15) is 29.5 Å². The maximum atomic E-state index is 13.7. The topological polar surface area (TPSA) is 103 Å². The highest BCUT2D eigenvalue weighted by atomic mass is 16.5. The van der Waals surface area contributed by atoms with Crippen molar-refractivity contribution in [1.82, 2.24) is 15.0 Å². The number of nitrogens with one attached hydrogen (secondary N) is 1. The molecule has 5 rings (SSSR count). The lowest BCUT2D eigenvalue weighted by molar-refractivity contribution is -0.125. The molecule has 1 amide bonds. The normalized spacial score (nSPS) is 14.9. The molecule has 0 radical (unpaired) electrons. The van der Waals surface area contributed by atoms with E-state index in [1.165, 1.54) is 11.1 Å². The Morgan fingerprint density at radius 2 is 1.49 bits per heavy atom. The molecule has 7 heteroatoms. The summed E-state index contributed by atoms with van der Waals surface area (Å²) in [6, 6.07) is 20.1. The van der Waals surface area contributed by atoms with E-state index >= 15 is 0 Å². The number of ether oxygens (including phenoxy) is 1. The summed E-state index contributed by atoms with van der Waals surface area (Å²) in [5.41, 5.74) is 10.9. The van der Waals surface area contributed by atoms with Gasteiger partial charge in [0.2, 0.25) is 11.9 Å². The molecule has 0 unspecified atom stereocenters. The Hall–Kier alpha value is -4.10. The second kappa shape index (κ2) is 10.0. The predicted molar refractivity (Wildman–Crippen MR) is 136 cm³/mol. The van der Waals surface area contributed by atoms with E-state index < -0.39 is 5.41 Å². The number of nitrogens with zero attached hydrogens (tertiary/aromatic N) is 3. The summed E-state index contributed by atoms with van der Waals surface area (Å²) < 4.78 is 5.61. The Morgan fingerprint density at radius 3 is 2.14 bits per heavy atom. The summed E-state index contributed by atoms with van der Waals surface area (Å²) in [5.74, 6) is 0.236. The molecule has 7 nitrogen and oxygen atoms in total. The lowest BCUT2D eigenvalue weighted by Gasteiger charge is -2.36. The quantitative estimate of drug-likeness (QED) is 0.438. The number of pyridine rings is 1. The van der Waals surface area contributed by atoms with Crippen LogP contribution in [0.15, 0.2) is 85.5 Å². The number of hydrogen-bond acceptors (Lipinski definition) is 6. The van der Waals surface area contributed by atoms with Crippen LogP contribution in [0.3, 0.4) is 0 Å².